The third-order valence-electron chi connectivity index (χ3n) is 6.12. The van der Waals surface area contributed by atoms with Crippen LogP contribution >= 0.6 is 0 Å². The van der Waals surface area contributed by atoms with Crippen LogP contribution in [0.3, 0.4) is 0 Å². The second-order valence-corrected chi connectivity index (χ2v) is 8.08. The van der Waals surface area contributed by atoms with Crippen molar-refractivity contribution in [3.05, 3.63) is 52.8 Å². The maximum Gasteiger partial charge on any atom is 0.223 e. The second kappa shape index (κ2) is 7.39. The van der Waals surface area contributed by atoms with Crippen LogP contribution < -0.4 is 16.8 Å². The first-order valence-electron chi connectivity index (χ1n) is 10.3. The van der Waals surface area contributed by atoms with Crippen molar-refractivity contribution in [2.45, 2.75) is 44.2 Å². The highest BCUT2D eigenvalue weighted by Gasteiger charge is 2.23. The van der Waals surface area contributed by atoms with Crippen LogP contribution in [0.4, 0.5) is 11.8 Å². The highest BCUT2D eigenvalue weighted by molar-refractivity contribution is 6.01. The Labute approximate surface area is 174 Å². The Hall–Kier alpha value is -3.50. The summed E-state index contributed by atoms with van der Waals surface area (Å²) in [6.45, 7) is 0. The number of hydrogen-bond acceptors (Lipinski definition) is 7. The summed E-state index contributed by atoms with van der Waals surface area (Å²) in [5.41, 5.74) is 18.1. The lowest BCUT2D eigenvalue weighted by Gasteiger charge is -2.29. The number of nitriles is 1. The third kappa shape index (κ3) is 3.25. The van der Waals surface area contributed by atoms with Crippen LogP contribution in [0, 0.1) is 11.3 Å². The van der Waals surface area contributed by atoms with E-state index >= 15 is 0 Å². The van der Waals surface area contributed by atoms with Gasteiger partial charge in [0.25, 0.3) is 0 Å². The molecule has 7 nitrogen and oxygen atoms in total. The highest BCUT2D eigenvalue weighted by atomic mass is 15.1. The Balaban J connectivity index is 1.54. The van der Waals surface area contributed by atoms with E-state index in [-0.39, 0.29) is 12.1 Å². The van der Waals surface area contributed by atoms with E-state index in [0.717, 1.165) is 53.3 Å². The number of hydrogen-bond donors (Lipinski definition) is 3. The maximum atomic E-state index is 9.18. The van der Waals surface area contributed by atoms with Crippen molar-refractivity contribution in [1.29, 1.82) is 5.26 Å². The van der Waals surface area contributed by atoms with Gasteiger partial charge in [-0.3, -0.25) is 0 Å². The van der Waals surface area contributed by atoms with E-state index in [1.54, 1.807) is 12.4 Å². The van der Waals surface area contributed by atoms with Gasteiger partial charge < -0.3 is 16.8 Å². The van der Waals surface area contributed by atoms with Gasteiger partial charge in [-0.25, -0.2) is 15.0 Å². The number of pyridine rings is 1. The minimum atomic E-state index is 0.112. The average Bonchev–Trinajstić information content (AvgIpc) is 3.18. The molecule has 150 valence electrons. The van der Waals surface area contributed by atoms with Gasteiger partial charge in [-0.15, -0.1) is 0 Å². The lowest BCUT2D eigenvalue weighted by atomic mass is 9.91. The third-order valence-corrected chi connectivity index (χ3v) is 6.12. The lowest BCUT2D eigenvalue weighted by molar-refractivity contribution is 0.402. The number of fused-ring (bicyclic) bond motifs is 2. The van der Waals surface area contributed by atoms with Gasteiger partial charge >= 0.3 is 0 Å². The zero-order chi connectivity index (χ0) is 20.7. The van der Waals surface area contributed by atoms with Crippen molar-refractivity contribution in [3.8, 4) is 6.07 Å². The molecular formula is C23H23N7. The van der Waals surface area contributed by atoms with E-state index in [1.807, 2.05) is 18.2 Å². The summed E-state index contributed by atoms with van der Waals surface area (Å²) >= 11 is 0. The van der Waals surface area contributed by atoms with Gasteiger partial charge in [0, 0.05) is 30.0 Å². The summed E-state index contributed by atoms with van der Waals surface area (Å²) in [7, 11) is 0. The first kappa shape index (κ1) is 18.5. The zero-order valence-electron chi connectivity index (χ0n) is 16.6. The molecule has 1 aromatic carbocycles. The molecule has 0 radical (unpaired) electrons. The fourth-order valence-electron chi connectivity index (χ4n) is 4.43. The quantitative estimate of drug-likeness (QED) is 0.619. The smallest absolute Gasteiger partial charge is 0.223 e. The molecule has 0 aliphatic heterocycles. The summed E-state index contributed by atoms with van der Waals surface area (Å²) in [6.07, 6.45) is 10.8. The van der Waals surface area contributed by atoms with Crippen molar-refractivity contribution in [2.24, 2.45) is 5.73 Å². The van der Waals surface area contributed by atoms with Crippen LogP contribution in [0.15, 0.2) is 30.6 Å². The normalized spacial score (nSPS) is 20.5. The number of aromatic nitrogens is 3. The van der Waals surface area contributed by atoms with E-state index < -0.39 is 0 Å². The Morgan fingerprint density at radius 2 is 2.00 bits per heavy atom. The molecule has 30 heavy (non-hydrogen) atoms. The SMILES string of the molecule is N#Cc1ccc2c(c1)C=C(c1cnc(N)c3cnc(N[C@@H]4CCCC[C@@H]4N)nc13)C2. The number of allylic oxidation sites excluding steroid dienone is 1. The van der Waals surface area contributed by atoms with Crippen LogP contribution in [-0.2, 0) is 6.42 Å². The first-order valence-corrected chi connectivity index (χ1v) is 10.3. The van der Waals surface area contributed by atoms with E-state index in [9.17, 15) is 5.26 Å². The molecular weight excluding hydrogens is 374 g/mol. The Morgan fingerprint density at radius 1 is 1.13 bits per heavy atom. The van der Waals surface area contributed by atoms with Crippen molar-refractivity contribution >= 4 is 34.3 Å². The molecule has 5 N–H and O–H groups in total. The van der Waals surface area contributed by atoms with Crippen LogP contribution in [0.5, 0.6) is 0 Å². The van der Waals surface area contributed by atoms with Crippen molar-refractivity contribution in [2.75, 3.05) is 11.1 Å². The molecule has 2 heterocycles. The molecule has 2 atom stereocenters. The predicted octanol–water partition coefficient (Wildman–Crippen LogP) is 3.26. The second-order valence-electron chi connectivity index (χ2n) is 8.08. The van der Waals surface area contributed by atoms with E-state index in [4.69, 9.17) is 16.5 Å². The highest BCUT2D eigenvalue weighted by Crippen LogP contribution is 2.35. The fraction of sp³-hybridized carbons (Fsp3) is 0.304. The van der Waals surface area contributed by atoms with Gasteiger partial charge in [-0.1, -0.05) is 25.0 Å². The topological polar surface area (TPSA) is 127 Å². The number of benzene rings is 1. The van der Waals surface area contributed by atoms with E-state index in [2.05, 4.69) is 27.4 Å². The van der Waals surface area contributed by atoms with E-state index in [0.29, 0.717) is 17.3 Å². The summed E-state index contributed by atoms with van der Waals surface area (Å²) in [5.74, 6) is 0.983. The molecule has 7 heteroatoms. The average molecular weight is 397 g/mol. The lowest BCUT2D eigenvalue weighted by Crippen LogP contribution is -2.42. The van der Waals surface area contributed by atoms with Crippen LogP contribution in [0.25, 0.3) is 22.6 Å². The van der Waals surface area contributed by atoms with Crippen LogP contribution in [-0.4, -0.2) is 27.0 Å². The maximum absolute atomic E-state index is 9.18. The molecule has 2 aliphatic carbocycles. The monoisotopic (exact) mass is 397 g/mol. The van der Waals surface area contributed by atoms with E-state index in [1.165, 1.54) is 12.0 Å². The predicted molar refractivity (Wildman–Crippen MR) is 118 cm³/mol. The summed E-state index contributed by atoms with van der Waals surface area (Å²) in [4.78, 5) is 13.7. The molecule has 2 aliphatic rings. The minimum Gasteiger partial charge on any atom is -0.383 e. The molecule has 1 saturated carbocycles. The number of nitrogens with two attached hydrogens (primary N) is 2. The number of anilines is 2. The first-order chi connectivity index (χ1) is 14.6. The van der Waals surface area contributed by atoms with Gasteiger partial charge in [0.15, 0.2) is 0 Å². The largest absolute Gasteiger partial charge is 0.383 e. The molecule has 2 aromatic heterocycles. The molecule has 0 amide bonds. The van der Waals surface area contributed by atoms with Crippen molar-refractivity contribution in [1.82, 2.24) is 15.0 Å². The molecule has 5 rings (SSSR count). The van der Waals surface area contributed by atoms with Crippen LogP contribution in [0.2, 0.25) is 0 Å². The summed E-state index contributed by atoms with van der Waals surface area (Å²) in [6, 6.07) is 8.27. The number of rotatable bonds is 3. The summed E-state index contributed by atoms with van der Waals surface area (Å²) in [5, 5.41) is 13.3. The van der Waals surface area contributed by atoms with Gasteiger partial charge in [0.1, 0.15) is 5.82 Å². The Bertz CT molecular complexity index is 1210. The molecule has 0 bridgehead atoms. The van der Waals surface area contributed by atoms with Gasteiger partial charge in [-0.2, -0.15) is 5.26 Å². The molecule has 3 aromatic rings. The molecule has 0 saturated heterocycles. The zero-order valence-corrected chi connectivity index (χ0v) is 16.6. The Kier molecular flexibility index (Phi) is 4.57. The number of nitrogens with zero attached hydrogens (tertiary/aromatic N) is 4. The molecule has 0 unspecified atom stereocenters. The summed E-state index contributed by atoms with van der Waals surface area (Å²) < 4.78 is 0. The number of nitrogens with one attached hydrogen (secondary N) is 1. The van der Waals surface area contributed by atoms with Crippen LogP contribution in [0.1, 0.15) is 47.9 Å². The standard InChI is InChI=1S/C23H23N7/c24-10-13-5-6-14-8-16(9-15(14)7-13)17-11-27-22(26)18-12-28-23(30-21(17)18)29-20-4-2-1-3-19(20)25/h5-7,9,11-12,19-20H,1-4,8,25H2,(H2,26,27)(H,28,29,30)/t19-,20+/m0/s1. The molecule has 0 spiro atoms. The fourth-order valence-corrected chi connectivity index (χ4v) is 4.43. The number of nitrogen functional groups attached to an aromatic ring is 1. The van der Waals surface area contributed by atoms with Crippen molar-refractivity contribution < 1.29 is 0 Å². The molecule has 1 fully saturated rings. The van der Waals surface area contributed by atoms with Gasteiger partial charge in [0.2, 0.25) is 5.95 Å². The minimum absolute atomic E-state index is 0.112. The van der Waals surface area contributed by atoms with Gasteiger partial charge in [0.05, 0.1) is 22.5 Å². The van der Waals surface area contributed by atoms with Gasteiger partial charge in [-0.05, 0) is 48.1 Å². The van der Waals surface area contributed by atoms with Crippen molar-refractivity contribution in [3.63, 3.8) is 0 Å². The Morgan fingerprint density at radius 3 is 2.83 bits per heavy atom.